The number of nitrogens with zero attached hydrogens (tertiary/aromatic N) is 3. The Kier molecular flexibility index (Phi) is 7.57. The molecule has 2 atom stereocenters. The van der Waals surface area contributed by atoms with Crippen LogP contribution in [0.25, 0.3) is 0 Å². The van der Waals surface area contributed by atoms with Crippen LogP contribution < -0.4 is 9.64 Å². The number of piperazine rings is 1. The Labute approximate surface area is 222 Å². The molecule has 38 heavy (non-hydrogen) atoms. The van der Waals surface area contributed by atoms with E-state index >= 15 is 0 Å². The van der Waals surface area contributed by atoms with Crippen LogP contribution in [0, 0.1) is 6.92 Å². The van der Waals surface area contributed by atoms with E-state index in [0.717, 1.165) is 11.3 Å². The fraction of sp³-hybridized carbons (Fsp3) is 0.379. The lowest BCUT2D eigenvalue weighted by Gasteiger charge is -2.36. The quantitative estimate of drug-likeness (QED) is 0.548. The zero-order valence-corrected chi connectivity index (χ0v) is 22.1. The summed E-state index contributed by atoms with van der Waals surface area (Å²) in [5.74, 6) is -1.41. The molecule has 0 bridgehead atoms. The number of ketones is 1. The van der Waals surface area contributed by atoms with Crippen molar-refractivity contribution in [2.24, 2.45) is 4.99 Å². The number of benzene rings is 2. The molecule has 2 aliphatic heterocycles. The maximum absolute atomic E-state index is 13.7. The van der Waals surface area contributed by atoms with Crippen molar-refractivity contribution in [3.63, 3.8) is 0 Å². The minimum Gasteiger partial charge on any atom is -0.478 e. The molecule has 200 valence electrons. The van der Waals surface area contributed by atoms with Gasteiger partial charge in [-0.1, -0.05) is 12.1 Å². The number of hydrogen-bond acceptors (Lipinski definition) is 7. The third-order valence-corrected chi connectivity index (χ3v) is 6.38. The van der Waals surface area contributed by atoms with Crippen molar-refractivity contribution >= 4 is 29.7 Å². The fourth-order valence-electron chi connectivity index (χ4n) is 4.49. The van der Waals surface area contributed by atoms with Gasteiger partial charge in [0.2, 0.25) is 6.10 Å². The predicted molar refractivity (Wildman–Crippen MR) is 144 cm³/mol. The summed E-state index contributed by atoms with van der Waals surface area (Å²) >= 11 is 0. The maximum Gasteiger partial charge on any atom is 0.410 e. The van der Waals surface area contributed by atoms with E-state index in [0.29, 0.717) is 37.5 Å². The molecule has 0 saturated carbocycles. The Bertz CT molecular complexity index is 1240. The van der Waals surface area contributed by atoms with E-state index in [1.807, 2.05) is 45.9 Å². The average Bonchev–Trinajstić information content (AvgIpc) is 3.37. The number of carboxylic acids is 1. The highest BCUT2D eigenvalue weighted by Crippen LogP contribution is 2.31. The Balaban J connectivity index is 1.48. The summed E-state index contributed by atoms with van der Waals surface area (Å²) in [5, 5.41) is 10.0. The average molecular weight is 520 g/mol. The first kappa shape index (κ1) is 26.9. The number of hydrogen-bond donors (Lipinski definition) is 1. The van der Waals surface area contributed by atoms with Crippen molar-refractivity contribution in [3.05, 3.63) is 71.8 Å². The number of aliphatic carboxylic acids is 1. The first-order chi connectivity index (χ1) is 18.0. The van der Waals surface area contributed by atoms with Crippen LogP contribution in [-0.4, -0.2) is 77.5 Å². The molecule has 1 fully saturated rings. The molecule has 1 amide bonds. The molecule has 9 nitrogen and oxygen atoms in total. The van der Waals surface area contributed by atoms with Crippen LogP contribution in [0.2, 0.25) is 0 Å². The zero-order chi connectivity index (χ0) is 27.5. The molecule has 9 heteroatoms. The Morgan fingerprint density at radius 3 is 2.26 bits per heavy atom. The van der Waals surface area contributed by atoms with Gasteiger partial charge in [-0.3, -0.25) is 9.79 Å². The van der Waals surface area contributed by atoms with Gasteiger partial charge in [-0.25, -0.2) is 9.59 Å². The lowest BCUT2D eigenvalue weighted by atomic mass is 9.84. The van der Waals surface area contributed by atoms with Crippen LogP contribution in [0.1, 0.15) is 36.7 Å². The van der Waals surface area contributed by atoms with E-state index in [4.69, 9.17) is 9.47 Å². The molecule has 2 aliphatic rings. The lowest BCUT2D eigenvalue weighted by Crippen LogP contribution is -2.53. The smallest absolute Gasteiger partial charge is 0.410 e. The summed E-state index contributed by atoms with van der Waals surface area (Å²) in [4.78, 5) is 46.5. The normalized spacial score (nSPS) is 19.8. The van der Waals surface area contributed by atoms with Gasteiger partial charge in [0, 0.05) is 43.6 Å². The molecule has 1 N–H and O–H groups in total. The first-order valence-electron chi connectivity index (χ1n) is 12.6. The molecule has 0 aromatic heterocycles. The number of Topliss-reactive ketones (excluding diaryl/α,β-unsaturated/α-hetero) is 1. The van der Waals surface area contributed by atoms with Gasteiger partial charge in [0.15, 0.2) is 11.3 Å². The van der Waals surface area contributed by atoms with Crippen molar-refractivity contribution < 1.29 is 29.0 Å². The van der Waals surface area contributed by atoms with Crippen molar-refractivity contribution in [1.29, 1.82) is 0 Å². The van der Waals surface area contributed by atoms with Crippen molar-refractivity contribution in [2.75, 3.05) is 31.1 Å². The number of ether oxygens (including phenoxy) is 2. The third-order valence-electron chi connectivity index (χ3n) is 6.38. The first-order valence-corrected chi connectivity index (χ1v) is 12.6. The highest BCUT2D eigenvalue weighted by Gasteiger charge is 2.51. The summed E-state index contributed by atoms with van der Waals surface area (Å²) in [6.07, 6.45) is 2.59. The fourth-order valence-corrected chi connectivity index (χ4v) is 4.49. The van der Waals surface area contributed by atoms with Gasteiger partial charge in [-0.05, 0) is 81.8 Å². The molecular formula is C29H33N3O6. The predicted octanol–water partition coefficient (Wildman–Crippen LogP) is 4.15. The number of carbonyl (C=O) groups excluding carboxylic acids is 2. The van der Waals surface area contributed by atoms with Gasteiger partial charge >= 0.3 is 12.1 Å². The molecule has 0 spiro atoms. The second kappa shape index (κ2) is 10.7. The molecule has 2 unspecified atom stereocenters. The van der Waals surface area contributed by atoms with Gasteiger partial charge < -0.3 is 24.4 Å². The van der Waals surface area contributed by atoms with E-state index in [2.05, 4.69) is 9.89 Å². The number of carbonyl (C=O) groups is 3. The summed E-state index contributed by atoms with van der Waals surface area (Å²) in [6, 6.07) is 14.0. The number of allylic oxidation sites excluding steroid dienone is 1. The molecule has 4 rings (SSSR count). The summed E-state index contributed by atoms with van der Waals surface area (Å²) in [6.45, 7) is 9.68. The van der Waals surface area contributed by atoms with Gasteiger partial charge in [-0.2, -0.15) is 0 Å². The van der Waals surface area contributed by atoms with Gasteiger partial charge in [0.25, 0.3) is 0 Å². The van der Waals surface area contributed by atoms with E-state index < -0.39 is 29.0 Å². The van der Waals surface area contributed by atoms with E-state index in [9.17, 15) is 19.5 Å². The van der Waals surface area contributed by atoms with Crippen molar-refractivity contribution in [1.82, 2.24) is 4.90 Å². The number of aliphatic imine (C=N–C) groups is 1. The largest absolute Gasteiger partial charge is 0.478 e. The Hall–Kier alpha value is -4.14. The molecule has 2 heterocycles. The van der Waals surface area contributed by atoms with Crippen LogP contribution in [-0.2, 0) is 9.53 Å². The number of rotatable bonds is 7. The second-order valence-corrected chi connectivity index (χ2v) is 10.4. The van der Waals surface area contributed by atoms with E-state index in [1.165, 1.54) is 12.3 Å². The molecular weight excluding hydrogens is 486 g/mol. The topological polar surface area (TPSA) is 109 Å². The Morgan fingerprint density at radius 1 is 1.03 bits per heavy atom. The van der Waals surface area contributed by atoms with Crippen LogP contribution >= 0.6 is 0 Å². The standard InChI is InChI=1S/C29H33N3O6/c1-20-7-5-8-23(19-20)37-25(26(34)35)29(13-6-14-30-29)24(33)21-9-11-22(12-10-21)31-15-17-32(18-16-31)27(36)38-28(2,3)4/h5-14,19,25H,15-18H2,1-4H3,(H,34,35). The highest BCUT2D eigenvalue weighted by molar-refractivity contribution is 6.10. The molecule has 0 aliphatic carbocycles. The number of amides is 1. The van der Waals surface area contributed by atoms with Gasteiger partial charge in [0.05, 0.1) is 0 Å². The minimum absolute atomic E-state index is 0.323. The van der Waals surface area contributed by atoms with Crippen LogP contribution in [0.5, 0.6) is 5.75 Å². The van der Waals surface area contributed by atoms with Gasteiger partial charge in [-0.15, -0.1) is 0 Å². The monoisotopic (exact) mass is 519 g/mol. The maximum atomic E-state index is 13.7. The van der Waals surface area contributed by atoms with E-state index in [-0.39, 0.29) is 6.09 Å². The summed E-state index contributed by atoms with van der Waals surface area (Å²) in [5.41, 5.74) is -0.146. The van der Waals surface area contributed by atoms with Crippen molar-refractivity contribution in [3.8, 4) is 5.75 Å². The highest BCUT2D eigenvalue weighted by atomic mass is 16.6. The van der Waals surface area contributed by atoms with Gasteiger partial charge in [0.1, 0.15) is 11.4 Å². The van der Waals surface area contributed by atoms with Crippen LogP contribution in [0.3, 0.4) is 0 Å². The molecule has 0 radical (unpaired) electrons. The van der Waals surface area contributed by atoms with Crippen LogP contribution in [0.4, 0.5) is 10.5 Å². The zero-order valence-electron chi connectivity index (χ0n) is 22.1. The Morgan fingerprint density at radius 2 is 1.71 bits per heavy atom. The van der Waals surface area contributed by atoms with E-state index in [1.54, 1.807) is 41.3 Å². The van der Waals surface area contributed by atoms with Crippen molar-refractivity contribution in [2.45, 2.75) is 44.9 Å². The second-order valence-electron chi connectivity index (χ2n) is 10.4. The SMILES string of the molecule is Cc1cccc(OC(C(=O)O)C2(C(=O)c3ccc(N4CCN(C(=O)OC(C)(C)C)CC4)cc3)C=CC=N2)c1. The lowest BCUT2D eigenvalue weighted by molar-refractivity contribution is -0.146. The number of carboxylic acid groups (broad SMARTS) is 1. The number of aryl methyl sites for hydroxylation is 1. The molecule has 2 aromatic rings. The third kappa shape index (κ3) is 5.88. The molecule has 1 saturated heterocycles. The van der Waals surface area contributed by atoms with Crippen LogP contribution in [0.15, 0.2) is 65.7 Å². The summed E-state index contributed by atoms with van der Waals surface area (Å²) in [7, 11) is 0. The minimum atomic E-state index is -1.73. The summed E-state index contributed by atoms with van der Waals surface area (Å²) < 4.78 is 11.3. The number of anilines is 1. The molecule has 2 aromatic carbocycles.